The molecule has 18 heavy (non-hydrogen) atoms. The predicted octanol–water partition coefficient (Wildman–Crippen LogP) is 4.45. The van der Waals surface area contributed by atoms with Gasteiger partial charge in [0.05, 0.1) is 10.9 Å². The third-order valence-electron chi connectivity index (χ3n) is 2.24. The van der Waals surface area contributed by atoms with Crippen molar-refractivity contribution in [3.63, 3.8) is 0 Å². The second kappa shape index (κ2) is 5.22. The first-order valence-electron chi connectivity index (χ1n) is 4.82. The lowest BCUT2D eigenvalue weighted by atomic mass is 9.99. The first kappa shape index (κ1) is 14.9. The van der Waals surface area contributed by atoms with Crippen molar-refractivity contribution in [2.45, 2.75) is 24.9 Å². The third kappa shape index (κ3) is 3.19. The highest BCUT2D eigenvalue weighted by atomic mass is 35.5. The van der Waals surface area contributed by atoms with Gasteiger partial charge in [0, 0.05) is 11.1 Å². The van der Waals surface area contributed by atoms with Crippen molar-refractivity contribution in [2.24, 2.45) is 0 Å². The van der Waals surface area contributed by atoms with Gasteiger partial charge in [-0.1, -0.05) is 6.07 Å². The van der Waals surface area contributed by atoms with Gasteiger partial charge in [-0.3, -0.25) is 4.79 Å². The van der Waals surface area contributed by atoms with Crippen LogP contribution in [0.1, 0.15) is 34.8 Å². The van der Waals surface area contributed by atoms with Crippen LogP contribution >= 0.6 is 11.6 Å². The molecule has 1 nitrogen and oxygen atoms in total. The first-order chi connectivity index (χ1) is 8.14. The van der Waals surface area contributed by atoms with Crippen LogP contribution in [0, 0.1) is 0 Å². The van der Waals surface area contributed by atoms with Crippen molar-refractivity contribution in [3.05, 3.63) is 34.9 Å². The maximum Gasteiger partial charge on any atom is 0.416 e. The van der Waals surface area contributed by atoms with E-state index < -0.39 is 40.5 Å². The molecule has 0 bridgehead atoms. The summed E-state index contributed by atoms with van der Waals surface area (Å²) in [5.41, 5.74) is -2.67. The van der Waals surface area contributed by atoms with E-state index in [4.69, 9.17) is 11.6 Å². The van der Waals surface area contributed by atoms with E-state index in [9.17, 15) is 26.7 Å². The van der Waals surface area contributed by atoms with Gasteiger partial charge in [-0.2, -0.15) is 13.2 Å². The molecule has 0 fully saturated rings. The van der Waals surface area contributed by atoms with Crippen LogP contribution in [0.5, 0.6) is 0 Å². The quantitative estimate of drug-likeness (QED) is 0.456. The fraction of sp³-hybridized carbons (Fsp3) is 0.364. The Kier molecular flexibility index (Phi) is 4.32. The van der Waals surface area contributed by atoms with Gasteiger partial charge in [0.15, 0.2) is 5.78 Å². The number of carbonyl (C=O) groups excluding carboxylic acids is 1. The molecule has 1 atom stereocenters. The molecule has 0 aliphatic heterocycles. The van der Waals surface area contributed by atoms with E-state index in [0.717, 1.165) is 6.07 Å². The molecular formula is C11H8ClF5O. The first-order valence-corrected chi connectivity index (χ1v) is 5.25. The summed E-state index contributed by atoms with van der Waals surface area (Å²) in [7, 11) is 0. The van der Waals surface area contributed by atoms with Crippen molar-refractivity contribution in [1.82, 2.24) is 0 Å². The highest BCUT2D eigenvalue weighted by Crippen LogP contribution is 2.34. The molecule has 0 heterocycles. The Morgan fingerprint density at radius 1 is 1.28 bits per heavy atom. The van der Waals surface area contributed by atoms with Gasteiger partial charge in [0.1, 0.15) is 0 Å². The number of halogens is 6. The molecule has 0 saturated heterocycles. The van der Waals surface area contributed by atoms with Gasteiger partial charge in [-0.15, -0.1) is 11.6 Å². The van der Waals surface area contributed by atoms with Crippen LogP contribution in [0.3, 0.4) is 0 Å². The molecule has 0 radical (unpaired) electrons. The van der Waals surface area contributed by atoms with Gasteiger partial charge in [0.2, 0.25) is 0 Å². The lowest BCUT2D eigenvalue weighted by Crippen LogP contribution is -2.15. The number of Topliss-reactive ketones (excluding diaryl/α,β-unsaturated/α-hetero) is 1. The van der Waals surface area contributed by atoms with E-state index in [-0.39, 0.29) is 6.07 Å². The van der Waals surface area contributed by atoms with Gasteiger partial charge >= 0.3 is 6.18 Å². The third-order valence-corrected chi connectivity index (χ3v) is 2.44. The van der Waals surface area contributed by atoms with Crippen LogP contribution in [0.2, 0.25) is 0 Å². The largest absolute Gasteiger partial charge is 0.416 e. The van der Waals surface area contributed by atoms with Gasteiger partial charge in [0.25, 0.3) is 6.43 Å². The Balaban J connectivity index is 3.34. The zero-order valence-corrected chi connectivity index (χ0v) is 9.82. The smallest absolute Gasteiger partial charge is 0.293 e. The predicted molar refractivity (Wildman–Crippen MR) is 56.0 cm³/mol. The highest BCUT2D eigenvalue weighted by Gasteiger charge is 2.33. The van der Waals surface area contributed by atoms with Crippen LogP contribution in [0.15, 0.2) is 18.2 Å². The highest BCUT2D eigenvalue weighted by molar-refractivity contribution is 6.33. The van der Waals surface area contributed by atoms with Gasteiger partial charge < -0.3 is 0 Å². The molecule has 100 valence electrons. The van der Waals surface area contributed by atoms with Crippen LogP contribution < -0.4 is 0 Å². The molecule has 0 saturated carbocycles. The van der Waals surface area contributed by atoms with Crippen LogP contribution in [0.25, 0.3) is 0 Å². The van der Waals surface area contributed by atoms with Crippen molar-refractivity contribution in [1.29, 1.82) is 0 Å². The fourth-order valence-corrected chi connectivity index (χ4v) is 1.48. The molecule has 1 unspecified atom stereocenters. The molecular weight excluding hydrogens is 279 g/mol. The summed E-state index contributed by atoms with van der Waals surface area (Å²) in [6, 6.07) is 1.58. The number of ketones is 1. The molecule has 0 aliphatic carbocycles. The monoisotopic (exact) mass is 286 g/mol. The SMILES string of the molecule is CC(Cl)C(=O)c1ccc(C(F)(F)F)cc1C(F)F. The topological polar surface area (TPSA) is 17.1 Å². The second-order valence-corrected chi connectivity index (χ2v) is 4.24. The van der Waals surface area contributed by atoms with E-state index in [0.29, 0.717) is 6.07 Å². The van der Waals surface area contributed by atoms with Crippen molar-refractivity contribution in [2.75, 3.05) is 0 Å². The van der Waals surface area contributed by atoms with Crippen molar-refractivity contribution in [3.8, 4) is 0 Å². The number of benzene rings is 1. The molecule has 0 spiro atoms. The molecule has 1 aromatic rings. The maximum absolute atomic E-state index is 12.7. The molecule has 1 rings (SSSR count). The minimum atomic E-state index is -4.74. The Bertz CT molecular complexity index is 453. The van der Waals surface area contributed by atoms with E-state index in [1.54, 1.807) is 0 Å². The average molecular weight is 287 g/mol. The molecule has 0 N–H and O–H groups in total. The maximum atomic E-state index is 12.7. The summed E-state index contributed by atoms with van der Waals surface area (Å²) in [6.45, 7) is 1.26. The molecule has 0 aliphatic rings. The Morgan fingerprint density at radius 2 is 1.83 bits per heavy atom. The van der Waals surface area contributed by atoms with Crippen molar-refractivity contribution < 1.29 is 26.7 Å². The van der Waals surface area contributed by atoms with Gasteiger partial charge in [-0.05, 0) is 19.1 Å². The normalized spacial score (nSPS) is 13.8. The standard InChI is InChI=1S/C11H8ClF5O/c1-5(12)9(18)7-3-2-6(11(15,16)17)4-8(7)10(13)14/h2-5,10H,1H3. The Hall–Kier alpha value is -1.17. The zero-order chi connectivity index (χ0) is 14.1. The van der Waals surface area contributed by atoms with E-state index >= 15 is 0 Å². The van der Waals surface area contributed by atoms with Crippen LogP contribution in [-0.4, -0.2) is 11.2 Å². The van der Waals surface area contributed by atoms with E-state index in [2.05, 4.69) is 0 Å². The van der Waals surface area contributed by atoms with E-state index in [1.807, 2.05) is 0 Å². The second-order valence-electron chi connectivity index (χ2n) is 3.58. The summed E-state index contributed by atoms with van der Waals surface area (Å²) in [6.07, 6.45) is -7.92. The lowest BCUT2D eigenvalue weighted by molar-refractivity contribution is -0.137. The number of rotatable bonds is 3. The zero-order valence-electron chi connectivity index (χ0n) is 9.06. The fourth-order valence-electron chi connectivity index (χ4n) is 1.36. The van der Waals surface area contributed by atoms with Crippen molar-refractivity contribution >= 4 is 17.4 Å². The van der Waals surface area contributed by atoms with Crippen LogP contribution in [0.4, 0.5) is 22.0 Å². The summed E-state index contributed by atoms with van der Waals surface area (Å²) >= 11 is 5.45. The van der Waals surface area contributed by atoms with Crippen LogP contribution in [-0.2, 0) is 6.18 Å². The number of carbonyl (C=O) groups is 1. The minimum absolute atomic E-state index is 0.275. The van der Waals surface area contributed by atoms with Gasteiger partial charge in [-0.25, -0.2) is 8.78 Å². The Morgan fingerprint density at radius 3 is 2.22 bits per heavy atom. The molecule has 7 heteroatoms. The summed E-state index contributed by atoms with van der Waals surface area (Å²) in [4.78, 5) is 11.5. The minimum Gasteiger partial charge on any atom is -0.293 e. The summed E-state index contributed by atoms with van der Waals surface area (Å²) in [5, 5.41) is -1.08. The summed E-state index contributed by atoms with van der Waals surface area (Å²) < 4.78 is 62.4. The average Bonchev–Trinajstić information content (AvgIpc) is 2.25. The van der Waals surface area contributed by atoms with E-state index in [1.165, 1.54) is 6.92 Å². The number of hydrogen-bond donors (Lipinski definition) is 0. The Labute approximate surface area is 105 Å². The number of hydrogen-bond acceptors (Lipinski definition) is 1. The molecule has 0 aromatic heterocycles. The molecule has 0 amide bonds. The summed E-state index contributed by atoms with van der Waals surface area (Å²) in [5.74, 6) is -0.833. The lowest BCUT2D eigenvalue weighted by Gasteiger charge is -2.13. The number of alkyl halides is 6. The molecule has 1 aromatic carbocycles.